The summed E-state index contributed by atoms with van der Waals surface area (Å²) in [6, 6.07) is 10.4. The number of nitrogens with zero attached hydrogens (tertiary/aromatic N) is 4. The molecule has 29 heavy (non-hydrogen) atoms. The quantitative estimate of drug-likeness (QED) is 0.690. The highest BCUT2D eigenvalue weighted by molar-refractivity contribution is 6.09. The summed E-state index contributed by atoms with van der Waals surface area (Å²) in [4.78, 5) is 29.3. The summed E-state index contributed by atoms with van der Waals surface area (Å²) in [5.74, 6) is 0.221. The fourth-order valence-electron chi connectivity index (χ4n) is 3.92. The van der Waals surface area contributed by atoms with E-state index in [4.69, 9.17) is 5.26 Å². The Morgan fingerprint density at radius 2 is 1.76 bits per heavy atom. The molecule has 1 aliphatic heterocycles. The number of aryl methyl sites for hydroxylation is 1. The Morgan fingerprint density at radius 1 is 1.07 bits per heavy atom. The van der Waals surface area contributed by atoms with Crippen LogP contribution in [0.4, 0.5) is 0 Å². The molecule has 7 nitrogen and oxygen atoms in total. The van der Waals surface area contributed by atoms with Gasteiger partial charge < -0.3 is 9.88 Å². The Bertz CT molecular complexity index is 932. The molecule has 7 heteroatoms. The number of fused-ring (bicyclic) bond motifs is 1. The van der Waals surface area contributed by atoms with E-state index in [1.54, 1.807) is 0 Å². The maximum atomic E-state index is 13.0. The molecule has 0 spiro atoms. The van der Waals surface area contributed by atoms with Crippen LogP contribution in [0.5, 0.6) is 0 Å². The van der Waals surface area contributed by atoms with Gasteiger partial charge in [-0.05, 0) is 18.9 Å². The minimum Gasteiger partial charge on any atom is -0.352 e. The second kappa shape index (κ2) is 8.76. The number of carbonyl (C=O) groups is 2. The van der Waals surface area contributed by atoms with Crippen molar-refractivity contribution in [3.63, 3.8) is 0 Å². The molecule has 1 aromatic heterocycles. The first-order chi connectivity index (χ1) is 14.1. The van der Waals surface area contributed by atoms with E-state index < -0.39 is 0 Å². The number of hydrogen-bond acceptors (Lipinski definition) is 5. The zero-order valence-electron chi connectivity index (χ0n) is 16.6. The summed E-state index contributed by atoms with van der Waals surface area (Å²) in [6.07, 6.45) is 4.52. The van der Waals surface area contributed by atoms with Crippen LogP contribution >= 0.6 is 0 Å². The van der Waals surface area contributed by atoms with Crippen LogP contribution in [0.1, 0.15) is 29.6 Å². The lowest BCUT2D eigenvalue weighted by molar-refractivity contribution is -0.122. The van der Waals surface area contributed by atoms with Crippen molar-refractivity contribution in [1.29, 1.82) is 5.26 Å². The number of nitriles is 1. The van der Waals surface area contributed by atoms with Crippen LogP contribution in [0.2, 0.25) is 0 Å². The summed E-state index contributed by atoms with van der Waals surface area (Å²) < 4.78 is 2.00. The van der Waals surface area contributed by atoms with Crippen molar-refractivity contribution in [2.24, 2.45) is 0 Å². The molecule has 2 heterocycles. The van der Waals surface area contributed by atoms with Gasteiger partial charge in [0.1, 0.15) is 0 Å². The van der Waals surface area contributed by atoms with Crippen LogP contribution in [-0.4, -0.2) is 71.4 Å². The molecule has 1 aromatic carbocycles. The number of rotatable bonds is 8. The van der Waals surface area contributed by atoms with Gasteiger partial charge in [-0.1, -0.05) is 18.2 Å². The van der Waals surface area contributed by atoms with Gasteiger partial charge >= 0.3 is 0 Å². The maximum absolute atomic E-state index is 13.0. The molecule has 0 unspecified atom stereocenters. The number of benzene rings is 1. The van der Waals surface area contributed by atoms with E-state index in [2.05, 4.69) is 21.2 Å². The molecule has 1 amide bonds. The van der Waals surface area contributed by atoms with E-state index in [9.17, 15) is 9.59 Å². The van der Waals surface area contributed by atoms with Crippen LogP contribution in [0, 0.1) is 11.3 Å². The average molecular weight is 393 g/mol. The second-order valence-corrected chi connectivity index (χ2v) is 7.98. The predicted octanol–water partition coefficient (Wildman–Crippen LogP) is 1.63. The minimum absolute atomic E-state index is 0.108. The van der Waals surface area contributed by atoms with E-state index in [1.165, 1.54) is 0 Å². The van der Waals surface area contributed by atoms with Crippen LogP contribution in [-0.2, 0) is 11.3 Å². The predicted molar refractivity (Wildman–Crippen MR) is 111 cm³/mol. The van der Waals surface area contributed by atoms with Crippen molar-refractivity contribution >= 4 is 22.6 Å². The van der Waals surface area contributed by atoms with Gasteiger partial charge in [0.2, 0.25) is 5.91 Å². The van der Waals surface area contributed by atoms with Crippen molar-refractivity contribution in [3.8, 4) is 6.07 Å². The van der Waals surface area contributed by atoms with Crippen molar-refractivity contribution in [2.45, 2.75) is 31.8 Å². The molecule has 1 N–H and O–H groups in total. The number of amides is 1. The molecule has 2 aromatic rings. The topological polar surface area (TPSA) is 81.4 Å². The largest absolute Gasteiger partial charge is 0.352 e. The Kier molecular flexibility index (Phi) is 5.93. The summed E-state index contributed by atoms with van der Waals surface area (Å²) in [5, 5.41) is 12.9. The van der Waals surface area contributed by atoms with Gasteiger partial charge in [0.25, 0.3) is 0 Å². The normalized spacial score (nSPS) is 17.9. The number of aromatic nitrogens is 1. The van der Waals surface area contributed by atoms with Crippen LogP contribution in [0.3, 0.4) is 0 Å². The first-order valence-corrected chi connectivity index (χ1v) is 10.4. The van der Waals surface area contributed by atoms with E-state index in [0.717, 1.165) is 55.5 Å². The lowest BCUT2D eigenvalue weighted by Crippen LogP contribution is -2.50. The summed E-state index contributed by atoms with van der Waals surface area (Å²) in [6.45, 7) is 4.60. The fourth-order valence-corrected chi connectivity index (χ4v) is 3.92. The monoisotopic (exact) mass is 393 g/mol. The zero-order chi connectivity index (χ0) is 20.2. The molecule has 1 saturated carbocycles. The Hall–Kier alpha value is -2.69. The number of ketones is 1. The number of para-hydroxylation sites is 1. The van der Waals surface area contributed by atoms with Gasteiger partial charge in [0.15, 0.2) is 5.78 Å². The molecule has 4 rings (SSSR count). The molecule has 0 atom stereocenters. The highest BCUT2D eigenvalue weighted by Gasteiger charge is 2.26. The Labute approximate surface area is 170 Å². The van der Waals surface area contributed by atoms with Crippen LogP contribution in [0.15, 0.2) is 30.5 Å². The second-order valence-electron chi connectivity index (χ2n) is 7.98. The van der Waals surface area contributed by atoms with Crippen molar-refractivity contribution in [2.75, 3.05) is 39.3 Å². The summed E-state index contributed by atoms with van der Waals surface area (Å²) in [7, 11) is 0. The van der Waals surface area contributed by atoms with Crippen LogP contribution < -0.4 is 5.32 Å². The SMILES string of the molecule is N#CCCn1cc(C(=O)CN2CCN(CC(=O)NC3CC3)CC2)c2ccccc21. The minimum atomic E-state index is 0.108. The lowest BCUT2D eigenvalue weighted by Gasteiger charge is -2.33. The van der Waals surface area contributed by atoms with Gasteiger partial charge in [-0.3, -0.25) is 19.4 Å². The molecule has 0 radical (unpaired) electrons. The first kappa shape index (κ1) is 19.6. The van der Waals surface area contributed by atoms with Crippen molar-refractivity contribution in [3.05, 3.63) is 36.0 Å². The Balaban J connectivity index is 1.34. The zero-order valence-corrected chi connectivity index (χ0v) is 16.6. The molecule has 1 saturated heterocycles. The molecule has 2 aliphatic rings. The number of nitrogens with one attached hydrogen (secondary N) is 1. The number of carbonyl (C=O) groups excluding carboxylic acids is 2. The highest BCUT2D eigenvalue weighted by Crippen LogP contribution is 2.23. The van der Waals surface area contributed by atoms with Gasteiger partial charge in [-0.15, -0.1) is 0 Å². The lowest BCUT2D eigenvalue weighted by atomic mass is 10.1. The van der Waals surface area contributed by atoms with Gasteiger partial charge in [-0.2, -0.15) is 5.26 Å². The van der Waals surface area contributed by atoms with Crippen molar-refractivity contribution < 1.29 is 9.59 Å². The number of piperazine rings is 1. The maximum Gasteiger partial charge on any atom is 0.234 e. The summed E-state index contributed by atoms with van der Waals surface area (Å²) >= 11 is 0. The Morgan fingerprint density at radius 3 is 2.45 bits per heavy atom. The highest BCUT2D eigenvalue weighted by atomic mass is 16.2. The number of Topliss-reactive ketones (excluding diaryl/α,β-unsaturated/α-hetero) is 1. The van der Waals surface area contributed by atoms with Gasteiger partial charge in [0.05, 0.1) is 25.6 Å². The smallest absolute Gasteiger partial charge is 0.234 e. The van der Waals surface area contributed by atoms with Gasteiger partial charge in [0, 0.05) is 61.4 Å². The molecule has 1 aliphatic carbocycles. The van der Waals surface area contributed by atoms with Crippen LogP contribution in [0.25, 0.3) is 10.9 Å². The third-order valence-corrected chi connectivity index (χ3v) is 5.70. The first-order valence-electron chi connectivity index (χ1n) is 10.4. The van der Waals surface area contributed by atoms with Crippen molar-refractivity contribution in [1.82, 2.24) is 19.7 Å². The third kappa shape index (κ3) is 4.84. The third-order valence-electron chi connectivity index (χ3n) is 5.70. The van der Waals surface area contributed by atoms with E-state index >= 15 is 0 Å². The van der Waals surface area contributed by atoms with E-state index in [-0.39, 0.29) is 11.7 Å². The van der Waals surface area contributed by atoms with E-state index in [0.29, 0.717) is 32.1 Å². The fraction of sp³-hybridized carbons (Fsp3) is 0.500. The summed E-state index contributed by atoms with van der Waals surface area (Å²) in [5.41, 5.74) is 1.72. The standard InChI is InChI=1S/C22H27N5O2/c23-8-3-9-27-14-19(18-4-1-2-5-20(18)27)21(28)15-25-10-12-26(13-11-25)16-22(29)24-17-6-7-17/h1-2,4-5,14,17H,3,6-7,9-13,15-16H2,(H,24,29). The average Bonchev–Trinajstić information content (AvgIpc) is 3.46. The van der Waals surface area contributed by atoms with Gasteiger partial charge in [-0.25, -0.2) is 0 Å². The molecule has 2 fully saturated rings. The molecule has 0 bridgehead atoms. The molecular formula is C22H27N5O2. The number of hydrogen-bond donors (Lipinski definition) is 1. The molecular weight excluding hydrogens is 366 g/mol. The molecule has 152 valence electrons. The van der Waals surface area contributed by atoms with E-state index in [1.807, 2.05) is 35.0 Å².